The summed E-state index contributed by atoms with van der Waals surface area (Å²) in [6.45, 7) is 3.88. The van der Waals surface area contributed by atoms with Gasteiger partial charge in [0.2, 0.25) is 10.0 Å². The van der Waals surface area contributed by atoms with Crippen molar-refractivity contribution < 1.29 is 17.9 Å². The zero-order valence-electron chi connectivity index (χ0n) is 16.4. The molecule has 8 heteroatoms. The summed E-state index contributed by atoms with van der Waals surface area (Å²) in [7, 11) is -3.72. The molecule has 0 saturated carbocycles. The molecule has 2 aromatic rings. The maximum atomic E-state index is 13.3. The van der Waals surface area contributed by atoms with Crippen LogP contribution in [0.2, 0.25) is 5.02 Å². The Hall–Kier alpha value is -1.93. The molecular formula is C21H25ClN2O4S. The molecule has 6 nitrogen and oxygen atoms in total. The monoisotopic (exact) mass is 436 g/mol. The number of unbranched alkanes of at least 4 members (excludes halogenated alkanes) is 1. The maximum Gasteiger partial charge on any atom is 0.259 e. The largest absolute Gasteiger partial charge is 0.379 e. The minimum atomic E-state index is -3.72. The van der Waals surface area contributed by atoms with E-state index in [-0.39, 0.29) is 21.4 Å². The molecule has 0 N–H and O–H groups in total. The molecule has 0 atom stereocenters. The van der Waals surface area contributed by atoms with E-state index in [0.29, 0.717) is 32.8 Å². The predicted octanol–water partition coefficient (Wildman–Crippen LogP) is 3.81. The molecule has 0 spiro atoms. The van der Waals surface area contributed by atoms with Gasteiger partial charge in [0.05, 0.1) is 28.7 Å². The number of hydrogen-bond acceptors (Lipinski definition) is 4. The van der Waals surface area contributed by atoms with Crippen LogP contribution in [-0.2, 0) is 14.8 Å². The summed E-state index contributed by atoms with van der Waals surface area (Å²) < 4.78 is 32.6. The molecule has 1 heterocycles. The summed E-state index contributed by atoms with van der Waals surface area (Å²) in [6, 6.07) is 13.6. The van der Waals surface area contributed by atoms with Crippen LogP contribution in [0.25, 0.3) is 0 Å². The van der Waals surface area contributed by atoms with E-state index in [1.807, 2.05) is 30.3 Å². The van der Waals surface area contributed by atoms with Crippen molar-refractivity contribution in [1.82, 2.24) is 4.31 Å². The summed E-state index contributed by atoms with van der Waals surface area (Å²) in [5.74, 6) is -0.311. The fourth-order valence-corrected chi connectivity index (χ4v) is 4.82. The fourth-order valence-electron chi connectivity index (χ4n) is 3.18. The molecule has 0 bridgehead atoms. The van der Waals surface area contributed by atoms with Crippen molar-refractivity contribution in [1.29, 1.82) is 0 Å². The molecular weight excluding hydrogens is 412 g/mol. The highest BCUT2D eigenvalue weighted by Crippen LogP contribution is 2.27. The van der Waals surface area contributed by atoms with Crippen LogP contribution in [0.5, 0.6) is 0 Å². The van der Waals surface area contributed by atoms with E-state index in [1.54, 1.807) is 4.90 Å². The Kier molecular flexibility index (Phi) is 7.29. The zero-order chi connectivity index (χ0) is 20.9. The average Bonchev–Trinajstić information content (AvgIpc) is 2.75. The van der Waals surface area contributed by atoms with Crippen molar-refractivity contribution in [3.63, 3.8) is 0 Å². The summed E-state index contributed by atoms with van der Waals surface area (Å²) in [4.78, 5) is 15.1. The molecule has 156 valence electrons. The summed E-state index contributed by atoms with van der Waals surface area (Å²) in [5.41, 5.74) is 0.935. The number of carbonyl (C=O) groups excluding carboxylic acids is 1. The lowest BCUT2D eigenvalue weighted by molar-refractivity contribution is 0.0730. The van der Waals surface area contributed by atoms with Gasteiger partial charge in [-0.25, -0.2) is 8.42 Å². The highest BCUT2D eigenvalue weighted by atomic mass is 35.5. The Morgan fingerprint density at radius 2 is 1.83 bits per heavy atom. The van der Waals surface area contributed by atoms with Gasteiger partial charge in [0.1, 0.15) is 0 Å². The second-order valence-corrected chi connectivity index (χ2v) is 9.15. The van der Waals surface area contributed by atoms with Crippen molar-refractivity contribution in [3.05, 3.63) is 59.1 Å². The number of ether oxygens (including phenoxy) is 1. The number of sulfonamides is 1. The quantitative estimate of drug-likeness (QED) is 0.662. The Morgan fingerprint density at radius 3 is 2.48 bits per heavy atom. The average molecular weight is 437 g/mol. The number of para-hydroxylation sites is 1. The van der Waals surface area contributed by atoms with Crippen molar-refractivity contribution in [3.8, 4) is 0 Å². The van der Waals surface area contributed by atoms with E-state index in [9.17, 15) is 13.2 Å². The summed E-state index contributed by atoms with van der Waals surface area (Å²) >= 11 is 6.32. The second-order valence-electron chi connectivity index (χ2n) is 6.80. The molecule has 0 unspecified atom stereocenters. The van der Waals surface area contributed by atoms with Crippen molar-refractivity contribution >= 4 is 33.2 Å². The molecule has 1 amide bonds. The molecule has 2 aromatic carbocycles. The topological polar surface area (TPSA) is 66.9 Å². The third kappa shape index (κ3) is 4.98. The lowest BCUT2D eigenvalue weighted by Crippen LogP contribution is -2.40. The van der Waals surface area contributed by atoms with Crippen LogP contribution in [0.4, 0.5) is 5.69 Å². The van der Waals surface area contributed by atoms with Gasteiger partial charge < -0.3 is 9.64 Å². The molecule has 1 aliphatic rings. The SMILES string of the molecule is CCCCN(C(=O)c1cc(S(=O)(=O)N2CCOCC2)ccc1Cl)c1ccccc1. The van der Waals surface area contributed by atoms with Gasteiger partial charge in [-0.15, -0.1) is 0 Å². The molecule has 0 radical (unpaired) electrons. The molecule has 0 aromatic heterocycles. The Labute approximate surface area is 177 Å². The standard InChI is InChI=1S/C21H25ClN2O4S/c1-2-3-11-24(17-7-5-4-6-8-17)21(25)19-16-18(9-10-20(19)22)29(26,27)23-12-14-28-15-13-23/h4-10,16H,2-3,11-15H2,1H3. The van der Waals surface area contributed by atoms with Gasteiger partial charge in [0, 0.05) is 25.3 Å². The minimum absolute atomic E-state index is 0.0654. The minimum Gasteiger partial charge on any atom is -0.379 e. The Balaban J connectivity index is 1.96. The van der Waals surface area contributed by atoms with Crippen LogP contribution >= 0.6 is 11.6 Å². The summed E-state index contributed by atoms with van der Waals surface area (Å²) in [6.07, 6.45) is 1.75. The van der Waals surface area contributed by atoms with Gasteiger partial charge in [0.15, 0.2) is 0 Å². The number of carbonyl (C=O) groups is 1. The van der Waals surface area contributed by atoms with Gasteiger partial charge in [-0.05, 0) is 36.8 Å². The molecule has 3 rings (SSSR count). The first-order valence-electron chi connectivity index (χ1n) is 9.69. The maximum absolute atomic E-state index is 13.3. The number of rotatable bonds is 7. The predicted molar refractivity (Wildman–Crippen MR) is 114 cm³/mol. The summed E-state index contributed by atoms with van der Waals surface area (Å²) in [5, 5.41) is 0.230. The number of morpholine rings is 1. The number of amides is 1. The normalized spacial score (nSPS) is 15.2. The van der Waals surface area contributed by atoms with Crippen LogP contribution in [0.1, 0.15) is 30.1 Å². The van der Waals surface area contributed by atoms with Crippen LogP contribution in [0.3, 0.4) is 0 Å². The zero-order valence-corrected chi connectivity index (χ0v) is 18.0. The second kappa shape index (κ2) is 9.71. The molecule has 1 aliphatic heterocycles. The Bertz CT molecular complexity index is 944. The lowest BCUT2D eigenvalue weighted by atomic mass is 10.1. The van der Waals surface area contributed by atoms with Gasteiger partial charge in [-0.2, -0.15) is 4.31 Å². The first kappa shape index (κ1) is 21.8. The molecule has 29 heavy (non-hydrogen) atoms. The number of hydrogen-bond donors (Lipinski definition) is 0. The first-order valence-corrected chi connectivity index (χ1v) is 11.5. The van der Waals surface area contributed by atoms with Crippen LogP contribution in [0.15, 0.2) is 53.4 Å². The van der Waals surface area contributed by atoms with Gasteiger partial charge in [-0.1, -0.05) is 43.1 Å². The van der Waals surface area contributed by atoms with Crippen LogP contribution < -0.4 is 4.90 Å². The highest BCUT2D eigenvalue weighted by molar-refractivity contribution is 7.89. The van der Waals surface area contributed by atoms with Gasteiger partial charge in [0.25, 0.3) is 5.91 Å². The third-order valence-electron chi connectivity index (χ3n) is 4.82. The Morgan fingerprint density at radius 1 is 1.14 bits per heavy atom. The number of halogens is 1. The van der Waals surface area contributed by atoms with E-state index in [1.165, 1.54) is 22.5 Å². The first-order chi connectivity index (χ1) is 13.9. The van der Waals surface area contributed by atoms with E-state index in [0.717, 1.165) is 18.5 Å². The van der Waals surface area contributed by atoms with E-state index in [2.05, 4.69) is 6.92 Å². The van der Waals surface area contributed by atoms with E-state index >= 15 is 0 Å². The number of anilines is 1. The highest BCUT2D eigenvalue weighted by Gasteiger charge is 2.28. The van der Waals surface area contributed by atoms with Crippen LogP contribution in [-0.4, -0.2) is 51.5 Å². The van der Waals surface area contributed by atoms with Gasteiger partial charge in [-0.3, -0.25) is 4.79 Å². The number of benzene rings is 2. The molecule has 0 aliphatic carbocycles. The van der Waals surface area contributed by atoms with Gasteiger partial charge >= 0.3 is 0 Å². The third-order valence-corrected chi connectivity index (χ3v) is 7.05. The fraction of sp³-hybridized carbons (Fsp3) is 0.381. The van der Waals surface area contributed by atoms with Crippen molar-refractivity contribution in [2.75, 3.05) is 37.7 Å². The van der Waals surface area contributed by atoms with E-state index in [4.69, 9.17) is 16.3 Å². The van der Waals surface area contributed by atoms with E-state index < -0.39 is 10.0 Å². The molecule has 1 fully saturated rings. The van der Waals surface area contributed by atoms with Crippen LogP contribution in [0, 0.1) is 0 Å². The number of nitrogens with zero attached hydrogens (tertiary/aromatic N) is 2. The molecule has 1 saturated heterocycles. The smallest absolute Gasteiger partial charge is 0.259 e. The van der Waals surface area contributed by atoms with Crippen molar-refractivity contribution in [2.45, 2.75) is 24.7 Å². The van der Waals surface area contributed by atoms with Crippen molar-refractivity contribution in [2.24, 2.45) is 0 Å². The lowest BCUT2D eigenvalue weighted by Gasteiger charge is -2.27.